The molecule has 2 rings (SSSR count). The molecular formula is C14H20BrN3O. The molecule has 0 spiro atoms. The highest BCUT2D eigenvalue weighted by molar-refractivity contribution is 9.10. The second kappa shape index (κ2) is 6.50. The number of nitrogens with two attached hydrogens (primary N) is 1. The fraction of sp³-hybridized carbons (Fsp3) is 0.500. The highest BCUT2D eigenvalue weighted by Gasteiger charge is 2.22. The third-order valence-electron chi connectivity index (χ3n) is 3.46. The molecule has 0 unspecified atom stereocenters. The number of benzene rings is 1. The molecule has 0 aliphatic carbocycles. The zero-order valence-electron chi connectivity index (χ0n) is 11.2. The average molecular weight is 326 g/mol. The summed E-state index contributed by atoms with van der Waals surface area (Å²) in [5, 5.41) is 0. The molecule has 2 N–H and O–H groups in total. The number of carbonyl (C=O) groups is 1. The van der Waals surface area contributed by atoms with Crippen LogP contribution in [0, 0.1) is 0 Å². The lowest BCUT2D eigenvalue weighted by Crippen LogP contribution is -2.38. The van der Waals surface area contributed by atoms with Gasteiger partial charge in [0.25, 0.3) is 0 Å². The maximum absolute atomic E-state index is 12.1. The number of likely N-dealkylation sites (tertiary alicyclic amines) is 1. The Morgan fingerprint density at radius 3 is 2.89 bits per heavy atom. The topological polar surface area (TPSA) is 49.6 Å². The minimum atomic E-state index is 0.143. The zero-order valence-corrected chi connectivity index (χ0v) is 12.8. The van der Waals surface area contributed by atoms with Gasteiger partial charge in [-0.2, -0.15) is 0 Å². The summed E-state index contributed by atoms with van der Waals surface area (Å²) in [5.74, 6) is 0.143. The van der Waals surface area contributed by atoms with Gasteiger partial charge in [-0.3, -0.25) is 9.69 Å². The molecule has 1 fully saturated rings. The van der Waals surface area contributed by atoms with Gasteiger partial charge in [0.05, 0.1) is 6.54 Å². The lowest BCUT2D eigenvalue weighted by Gasteiger charge is -2.22. The molecule has 104 valence electrons. The van der Waals surface area contributed by atoms with Crippen LogP contribution in [-0.2, 0) is 11.3 Å². The number of likely N-dealkylation sites (N-methyl/N-ethyl adjacent to an activating group) is 1. The number of hydrogen-bond acceptors (Lipinski definition) is 3. The van der Waals surface area contributed by atoms with Crippen molar-refractivity contribution in [2.75, 3.05) is 26.7 Å². The first-order chi connectivity index (χ1) is 9.06. The predicted molar refractivity (Wildman–Crippen MR) is 79.6 cm³/mol. The molecule has 1 aliphatic rings. The van der Waals surface area contributed by atoms with Crippen LogP contribution < -0.4 is 5.73 Å². The summed E-state index contributed by atoms with van der Waals surface area (Å²) in [6.07, 6.45) is 0.987. The average Bonchev–Trinajstić information content (AvgIpc) is 2.77. The smallest absolute Gasteiger partial charge is 0.236 e. The minimum absolute atomic E-state index is 0.143. The molecule has 1 aromatic carbocycles. The van der Waals surface area contributed by atoms with Crippen LogP contribution >= 0.6 is 15.9 Å². The molecular weight excluding hydrogens is 306 g/mol. The molecule has 1 aliphatic heterocycles. The van der Waals surface area contributed by atoms with E-state index in [0.717, 1.165) is 29.5 Å². The van der Waals surface area contributed by atoms with E-state index in [1.54, 1.807) is 4.90 Å². The second-order valence-electron chi connectivity index (χ2n) is 5.13. The van der Waals surface area contributed by atoms with E-state index in [1.807, 2.05) is 31.3 Å². The fourth-order valence-corrected chi connectivity index (χ4v) is 2.70. The monoisotopic (exact) mass is 325 g/mol. The Labute approximate surface area is 122 Å². The van der Waals surface area contributed by atoms with E-state index in [0.29, 0.717) is 13.1 Å². The van der Waals surface area contributed by atoms with Crippen molar-refractivity contribution in [1.29, 1.82) is 0 Å². The quantitative estimate of drug-likeness (QED) is 0.911. The van der Waals surface area contributed by atoms with Gasteiger partial charge in [-0.05, 0) is 18.1 Å². The van der Waals surface area contributed by atoms with E-state index in [9.17, 15) is 4.79 Å². The van der Waals surface area contributed by atoms with Gasteiger partial charge in [0.2, 0.25) is 5.91 Å². The maximum Gasteiger partial charge on any atom is 0.236 e. The van der Waals surface area contributed by atoms with Crippen molar-refractivity contribution in [3.63, 3.8) is 0 Å². The minimum Gasteiger partial charge on any atom is -0.340 e. The molecule has 0 radical (unpaired) electrons. The van der Waals surface area contributed by atoms with Crippen molar-refractivity contribution >= 4 is 21.8 Å². The second-order valence-corrected chi connectivity index (χ2v) is 5.98. The Bertz CT molecular complexity index is 452. The van der Waals surface area contributed by atoms with E-state index in [4.69, 9.17) is 5.73 Å². The van der Waals surface area contributed by atoms with E-state index in [2.05, 4.69) is 20.8 Å². The van der Waals surface area contributed by atoms with Gasteiger partial charge in [0, 0.05) is 37.2 Å². The van der Waals surface area contributed by atoms with Crippen molar-refractivity contribution in [2.24, 2.45) is 5.73 Å². The fourth-order valence-electron chi connectivity index (χ4n) is 2.29. The Kier molecular flexibility index (Phi) is 4.96. The molecule has 19 heavy (non-hydrogen) atoms. The van der Waals surface area contributed by atoms with Crippen molar-refractivity contribution < 1.29 is 4.79 Å². The number of halogens is 1. The number of nitrogens with zero attached hydrogens (tertiary/aromatic N) is 2. The molecule has 1 amide bonds. The summed E-state index contributed by atoms with van der Waals surface area (Å²) in [6, 6.07) is 8.20. The van der Waals surface area contributed by atoms with Crippen molar-refractivity contribution in [2.45, 2.75) is 19.0 Å². The Morgan fingerprint density at radius 2 is 2.26 bits per heavy atom. The van der Waals surface area contributed by atoms with E-state index < -0.39 is 0 Å². The highest BCUT2D eigenvalue weighted by atomic mass is 79.9. The third-order valence-corrected chi connectivity index (χ3v) is 4.23. The first-order valence-corrected chi connectivity index (χ1v) is 7.31. The van der Waals surface area contributed by atoms with Crippen molar-refractivity contribution in [1.82, 2.24) is 9.80 Å². The molecule has 1 aromatic rings. The van der Waals surface area contributed by atoms with Crippen molar-refractivity contribution in [3.05, 3.63) is 34.3 Å². The lowest BCUT2D eigenvalue weighted by atomic mass is 10.2. The van der Waals surface area contributed by atoms with Crippen LogP contribution in [-0.4, -0.2) is 48.4 Å². The summed E-state index contributed by atoms with van der Waals surface area (Å²) in [6.45, 7) is 2.85. The van der Waals surface area contributed by atoms with Gasteiger partial charge < -0.3 is 10.6 Å². The number of rotatable bonds is 4. The molecule has 0 aromatic heterocycles. The van der Waals surface area contributed by atoms with Crippen LogP contribution in [0.15, 0.2) is 28.7 Å². The molecule has 1 saturated heterocycles. The van der Waals surface area contributed by atoms with Crippen LogP contribution in [0.1, 0.15) is 12.0 Å². The maximum atomic E-state index is 12.1. The summed E-state index contributed by atoms with van der Waals surface area (Å²) >= 11 is 3.51. The molecule has 4 nitrogen and oxygen atoms in total. The van der Waals surface area contributed by atoms with Gasteiger partial charge in [-0.15, -0.1) is 0 Å². The standard InChI is InChI=1S/C14H20BrN3O/c1-17(8-11-4-2-3-5-13(11)15)14(19)10-18-7-6-12(16)9-18/h2-5,12H,6-10,16H2,1H3/t12-/m1/s1. The summed E-state index contributed by atoms with van der Waals surface area (Å²) in [7, 11) is 1.85. The SMILES string of the molecule is CN(Cc1ccccc1Br)C(=O)CN1CC[C@@H](N)C1. The lowest BCUT2D eigenvalue weighted by molar-refractivity contribution is -0.131. The van der Waals surface area contributed by atoms with Crippen molar-refractivity contribution in [3.8, 4) is 0 Å². The highest BCUT2D eigenvalue weighted by Crippen LogP contribution is 2.17. The Morgan fingerprint density at radius 1 is 1.53 bits per heavy atom. The van der Waals surface area contributed by atoms with Crippen LogP contribution in [0.25, 0.3) is 0 Å². The summed E-state index contributed by atoms with van der Waals surface area (Å²) in [5.41, 5.74) is 6.97. The van der Waals surface area contributed by atoms with E-state index in [1.165, 1.54) is 0 Å². The molecule has 1 heterocycles. The van der Waals surface area contributed by atoms with Crippen LogP contribution in [0.4, 0.5) is 0 Å². The van der Waals surface area contributed by atoms with Crippen LogP contribution in [0.5, 0.6) is 0 Å². The molecule has 0 bridgehead atoms. The number of amides is 1. The van der Waals surface area contributed by atoms with Gasteiger partial charge in [-0.1, -0.05) is 34.1 Å². The van der Waals surface area contributed by atoms with Gasteiger partial charge in [-0.25, -0.2) is 0 Å². The molecule has 5 heteroatoms. The van der Waals surface area contributed by atoms with Gasteiger partial charge >= 0.3 is 0 Å². The third kappa shape index (κ3) is 4.03. The first-order valence-electron chi connectivity index (χ1n) is 6.51. The summed E-state index contributed by atoms with van der Waals surface area (Å²) in [4.78, 5) is 16.0. The van der Waals surface area contributed by atoms with E-state index in [-0.39, 0.29) is 11.9 Å². The van der Waals surface area contributed by atoms with Gasteiger partial charge in [0.15, 0.2) is 0 Å². The zero-order chi connectivity index (χ0) is 13.8. The van der Waals surface area contributed by atoms with Gasteiger partial charge in [0.1, 0.15) is 0 Å². The first kappa shape index (κ1) is 14.5. The molecule has 0 saturated carbocycles. The van der Waals surface area contributed by atoms with E-state index >= 15 is 0 Å². The normalized spacial score (nSPS) is 19.6. The largest absolute Gasteiger partial charge is 0.340 e. The Balaban J connectivity index is 1.87. The number of carbonyl (C=O) groups excluding carboxylic acids is 1. The number of hydrogen-bond donors (Lipinski definition) is 1. The Hall–Kier alpha value is -0.910. The molecule has 1 atom stereocenters. The predicted octanol–water partition coefficient (Wildman–Crippen LogP) is 1.44. The van der Waals surface area contributed by atoms with Crippen LogP contribution in [0.2, 0.25) is 0 Å². The summed E-state index contributed by atoms with van der Waals surface area (Å²) < 4.78 is 1.04. The van der Waals surface area contributed by atoms with Crippen LogP contribution in [0.3, 0.4) is 0 Å².